The fourth-order valence-corrected chi connectivity index (χ4v) is 5.66. The minimum Gasteiger partial charge on any atom is -0.379 e. The second-order valence-electron chi connectivity index (χ2n) is 7.19. The Hall–Kier alpha value is -2.40. The molecular weight excluding hydrogens is 436 g/mol. The van der Waals surface area contributed by atoms with Crippen molar-refractivity contribution in [3.05, 3.63) is 54.6 Å². The first-order chi connectivity index (χ1) is 14.9. The van der Waals surface area contributed by atoms with Gasteiger partial charge in [-0.15, -0.1) is 0 Å². The Labute approximate surface area is 186 Å². The summed E-state index contributed by atoms with van der Waals surface area (Å²) in [5.41, 5.74) is 1.22. The number of thioether (sulfide) groups is 1. The average Bonchev–Trinajstić information content (AvgIpc) is 3.21. The van der Waals surface area contributed by atoms with Gasteiger partial charge < -0.3 is 10.1 Å². The number of urea groups is 1. The van der Waals surface area contributed by atoms with Crippen molar-refractivity contribution in [2.75, 3.05) is 43.1 Å². The molecule has 1 saturated heterocycles. The molecule has 1 atom stereocenters. The number of rotatable bonds is 4. The van der Waals surface area contributed by atoms with Crippen LogP contribution in [0.3, 0.4) is 0 Å². The highest BCUT2D eigenvalue weighted by atomic mass is 32.2. The summed E-state index contributed by atoms with van der Waals surface area (Å²) in [5.74, 6) is 0. The van der Waals surface area contributed by atoms with Crippen molar-refractivity contribution in [3.63, 3.8) is 0 Å². The van der Waals surface area contributed by atoms with Crippen molar-refractivity contribution in [1.29, 1.82) is 0 Å². The number of amides is 2. The maximum atomic E-state index is 13.1. The van der Waals surface area contributed by atoms with Gasteiger partial charge in [-0.05, 0) is 36.4 Å². The Morgan fingerprint density at radius 2 is 1.81 bits per heavy atom. The lowest BCUT2D eigenvalue weighted by molar-refractivity contribution is 0.0730. The number of carbonyl (C=O) groups excluding carboxylic acids is 1. The molecular formula is C21H24N4O4S2. The molecule has 2 aromatic rings. The third kappa shape index (κ3) is 4.93. The van der Waals surface area contributed by atoms with Gasteiger partial charge in [0.15, 0.2) is 5.17 Å². The number of carbonyl (C=O) groups is 1. The summed E-state index contributed by atoms with van der Waals surface area (Å²) in [6, 6.07) is 15.2. The quantitative estimate of drug-likeness (QED) is 0.756. The van der Waals surface area contributed by atoms with Gasteiger partial charge in [0.05, 0.1) is 30.3 Å². The third-order valence-corrected chi connectivity index (χ3v) is 7.90. The predicted molar refractivity (Wildman–Crippen MR) is 123 cm³/mol. The summed E-state index contributed by atoms with van der Waals surface area (Å²) < 4.78 is 32.5. The van der Waals surface area contributed by atoms with Gasteiger partial charge >= 0.3 is 6.03 Å². The van der Waals surface area contributed by atoms with E-state index in [9.17, 15) is 13.2 Å². The number of amidine groups is 1. The minimum absolute atomic E-state index is 0.191. The fraction of sp³-hybridized carbons (Fsp3) is 0.333. The molecule has 2 amide bonds. The average molecular weight is 461 g/mol. The Morgan fingerprint density at radius 1 is 1.13 bits per heavy atom. The zero-order chi connectivity index (χ0) is 21.8. The van der Waals surface area contributed by atoms with E-state index in [0.29, 0.717) is 49.4 Å². The molecule has 0 bridgehead atoms. The van der Waals surface area contributed by atoms with E-state index in [-0.39, 0.29) is 16.2 Å². The molecule has 0 aromatic heterocycles. The van der Waals surface area contributed by atoms with Crippen molar-refractivity contribution >= 4 is 44.4 Å². The summed E-state index contributed by atoms with van der Waals surface area (Å²) in [5, 5.41) is 3.74. The van der Waals surface area contributed by atoms with Gasteiger partial charge in [-0.2, -0.15) is 4.31 Å². The monoisotopic (exact) mass is 460 g/mol. The Bertz CT molecular complexity index is 1050. The van der Waals surface area contributed by atoms with Gasteiger partial charge in [-0.3, -0.25) is 4.99 Å². The molecule has 0 unspecified atom stereocenters. The molecule has 2 heterocycles. The van der Waals surface area contributed by atoms with Crippen LogP contribution in [0.2, 0.25) is 0 Å². The lowest BCUT2D eigenvalue weighted by Crippen LogP contribution is -2.40. The molecule has 0 spiro atoms. The lowest BCUT2D eigenvalue weighted by atomic mass is 10.3. The molecule has 1 N–H and O–H groups in total. The van der Waals surface area contributed by atoms with Gasteiger partial charge in [0.2, 0.25) is 10.0 Å². The number of morpholine rings is 1. The second kappa shape index (κ2) is 9.39. The number of para-hydroxylation sites is 1. The standard InChI is InChI=1S/C21H24N4O4S2/c1-16-15-22-21(30-16)25(20(26)23-17-5-3-2-4-6-17)18-7-9-19(10-8-18)31(27,28)24-11-13-29-14-12-24/h2-10,16H,11-15H2,1H3,(H,23,26)/t16-/m1/s1. The number of ether oxygens (including phenoxy) is 1. The van der Waals surface area contributed by atoms with E-state index in [1.807, 2.05) is 25.1 Å². The molecule has 2 aliphatic rings. The molecule has 10 heteroatoms. The first kappa shape index (κ1) is 21.8. The van der Waals surface area contributed by atoms with Gasteiger partial charge in [0.25, 0.3) is 0 Å². The smallest absolute Gasteiger partial charge is 0.332 e. The lowest BCUT2D eigenvalue weighted by Gasteiger charge is -2.26. The topological polar surface area (TPSA) is 91.3 Å². The van der Waals surface area contributed by atoms with Crippen molar-refractivity contribution < 1.29 is 17.9 Å². The molecule has 1 fully saturated rings. The van der Waals surface area contributed by atoms with E-state index < -0.39 is 10.0 Å². The second-order valence-corrected chi connectivity index (χ2v) is 10.5. The van der Waals surface area contributed by atoms with Gasteiger partial charge in [-0.1, -0.05) is 36.9 Å². The molecule has 164 valence electrons. The Morgan fingerprint density at radius 3 is 2.42 bits per heavy atom. The van der Waals surface area contributed by atoms with Crippen LogP contribution in [0.4, 0.5) is 16.2 Å². The Balaban J connectivity index is 1.60. The molecule has 2 aromatic carbocycles. The van der Waals surface area contributed by atoms with E-state index in [1.165, 1.54) is 33.1 Å². The van der Waals surface area contributed by atoms with Crippen molar-refractivity contribution in [2.24, 2.45) is 4.99 Å². The number of anilines is 2. The van der Waals surface area contributed by atoms with E-state index >= 15 is 0 Å². The third-order valence-electron chi connectivity index (χ3n) is 4.91. The zero-order valence-corrected chi connectivity index (χ0v) is 18.7. The van der Waals surface area contributed by atoms with Crippen molar-refractivity contribution in [1.82, 2.24) is 4.31 Å². The Kier molecular flexibility index (Phi) is 6.61. The number of hydrogen-bond acceptors (Lipinski definition) is 6. The molecule has 0 radical (unpaired) electrons. The number of hydrogen-bond donors (Lipinski definition) is 1. The van der Waals surface area contributed by atoms with Crippen LogP contribution in [-0.4, -0.2) is 62.0 Å². The maximum absolute atomic E-state index is 13.1. The van der Waals surface area contributed by atoms with E-state index in [4.69, 9.17) is 4.74 Å². The summed E-state index contributed by atoms with van der Waals surface area (Å²) in [4.78, 5) is 19.3. The predicted octanol–water partition coefficient (Wildman–Crippen LogP) is 3.24. The molecule has 0 saturated carbocycles. The van der Waals surface area contributed by atoms with Crippen LogP contribution in [0.1, 0.15) is 6.92 Å². The number of aliphatic imine (C=N–C) groups is 1. The van der Waals surface area contributed by atoms with E-state index in [1.54, 1.807) is 24.3 Å². The summed E-state index contributed by atoms with van der Waals surface area (Å²) in [6.45, 7) is 4.12. The molecule has 4 rings (SSSR count). The highest BCUT2D eigenvalue weighted by Gasteiger charge is 2.29. The fourth-order valence-electron chi connectivity index (χ4n) is 3.30. The van der Waals surface area contributed by atoms with Crippen LogP contribution in [0.25, 0.3) is 0 Å². The van der Waals surface area contributed by atoms with Crippen LogP contribution < -0.4 is 10.2 Å². The summed E-state index contributed by atoms with van der Waals surface area (Å²) >= 11 is 1.51. The molecule has 0 aliphatic carbocycles. The molecule has 31 heavy (non-hydrogen) atoms. The highest BCUT2D eigenvalue weighted by Crippen LogP contribution is 2.29. The first-order valence-corrected chi connectivity index (χ1v) is 12.3. The van der Waals surface area contributed by atoms with Crippen LogP contribution >= 0.6 is 11.8 Å². The molecule has 8 nitrogen and oxygen atoms in total. The maximum Gasteiger partial charge on any atom is 0.332 e. The highest BCUT2D eigenvalue weighted by molar-refractivity contribution is 8.15. The van der Waals surface area contributed by atoms with Crippen LogP contribution in [0.15, 0.2) is 64.5 Å². The van der Waals surface area contributed by atoms with E-state index in [2.05, 4.69) is 10.3 Å². The van der Waals surface area contributed by atoms with Gasteiger partial charge in [-0.25, -0.2) is 18.1 Å². The first-order valence-electron chi connectivity index (χ1n) is 10.0. The zero-order valence-electron chi connectivity index (χ0n) is 17.1. The normalized spacial score (nSPS) is 19.6. The number of benzene rings is 2. The number of nitrogens with zero attached hydrogens (tertiary/aromatic N) is 3. The van der Waals surface area contributed by atoms with Crippen molar-refractivity contribution in [2.45, 2.75) is 17.1 Å². The van der Waals surface area contributed by atoms with E-state index in [0.717, 1.165) is 0 Å². The summed E-state index contributed by atoms with van der Waals surface area (Å²) in [6.07, 6.45) is 0. The van der Waals surface area contributed by atoms with Crippen LogP contribution in [0.5, 0.6) is 0 Å². The number of nitrogens with one attached hydrogen (secondary N) is 1. The van der Waals surface area contributed by atoms with Crippen LogP contribution in [0, 0.1) is 0 Å². The summed E-state index contributed by atoms with van der Waals surface area (Å²) in [7, 11) is -3.60. The minimum atomic E-state index is -3.60. The molecule has 2 aliphatic heterocycles. The van der Waals surface area contributed by atoms with Crippen LogP contribution in [-0.2, 0) is 14.8 Å². The van der Waals surface area contributed by atoms with Gasteiger partial charge in [0, 0.05) is 24.0 Å². The SMILES string of the molecule is C[C@@H]1CN=C(N(C(=O)Nc2ccccc2)c2ccc(S(=O)(=O)N3CCOCC3)cc2)S1. The van der Waals surface area contributed by atoms with Crippen molar-refractivity contribution in [3.8, 4) is 0 Å². The van der Waals surface area contributed by atoms with Gasteiger partial charge in [0.1, 0.15) is 0 Å². The largest absolute Gasteiger partial charge is 0.379 e. The number of sulfonamides is 1.